The molecule has 142 valence electrons. The second-order valence-electron chi connectivity index (χ2n) is 6.70. The van der Waals surface area contributed by atoms with Crippen molar-refractivity contribution in [1.29, 1.82) is 5.26 Å². The Bertz CT molecular complexity index is 899. The van der Waals surface area contributed by atoms with Gasteiger partial charge < -0.3 is 20.5 Å². The first-order valence-electron chi connectivity index (χ1n) is 8.16. The summed E-state index contributed by atoms with van der Waals surface area (Å²) in [7, 11) is 1.65. The van der Waals surface area contributed by atoms with E-state index < -0.39 is 11.7 Å². The summed E-state index contributed by atoms with van der Waals surface area (Å²) in [6, 6.07) is 5.05. The molecular weight excluding hydrogens is 348 g/mol. The maximum absolute atomic E-state index is 12.1. The molecule has 0 aromatic carbocycles. The highest BCUT2D eigenvalue weighted by molar-refractivity contribution is 5.92. The van der Waals surface area contributed by atoms with Crippen molar-refractivity contribution in [3.8, 4) is 17.7 Å². The quantitative estimate of drug-likeness (QED) is 0.745. The van der Waals surface area contributed by atoms with Gasteiger partial charge in [-0.3, -0.25) is 5.32 Å². The minimum Gasteiger partial charge on any atom is -0.444 e. The number of aryl methyl sites for hydroxylation is 1. The van der Waals surface area contributed by atoms with Gasteiger partial charge in [-0.15, -0.1) is 0 Å². The summed E-state index contributed by atoms with van der Waals surface area (Å²) in [5.41, 5.74) is 6.92. The first kappa shape index (κ1) is 19.8. The molecule has 9 heteroatoms. The van der Waals surface area contributed by atoms with Crippen molar-refractivity contribution in [2.75, 3.05) is 23.4 Å². The van der Waals surface area contributed by atoms with E-state index in [1.54, 1.807) is 40.8 Å². The lowest BCUT2D eigenvalue weighted by molar-refractivity contribution is 0.0636. The van der Waals surface area contributed by atoms with Crippen LogP contribution in [0.15, 0.2) is 18.3 Å². The van der Waals surface area contributed by atoms with Crippen LogP contribution in [0.3, 0.4) is 0 Å². The van der Waals surface area contributed by atoms with Gasteiger partial charge in [-0.1, -0.05) is 0 Å². The second kappa shape index (κ2) is 7.78. The van der Waals surface area contributed by atoms with Crippen LogP contribution in [0.5, 0.6) is 11.6 Å². The Hall–Kier alpha value is -3.54. The van der Waals surface area contributed by atoms with Crippen LogP contribution in [-0.4, -0.2) is 28.7 Å². The van der Waals surface area contributed by atoms with Gasteiger partial charge in [-0.05, 0) is 39.3 Å². The summed E-state index contributed by atoms with van der Waals surface area (Å²) in [6.45, 7) is 7.07. The lowest BCUT2D eigenvalue weighted by Gasteiger charge is -2.20. The lowest BCUT2D eigenvalue weighted by atomic mass is 10.2. The van der Waals surface area contributed by atoms with Gasteiger partial charge in [0, 0.05) is 13.1 Å². The number of hydrogen-bond donors (Lipinski definition) is 3. The Morgan fingerprint density at radius 2 is 2.04 bits per heavy atom. The van der Waals surface area contributed by atoms with E-state index in [4.69, 9.17) is 20.5 Å². The molecule has 1 amide bonds. The minimum absolute atomic E-state index is 0.189. The number of nitrogen functional groups attached to an aromatic ring is 1. The Morgan fingerprint density at radius 3 is 2.59 bits per heavy atom. The summed E-state index contributed by atoms with van der Waals surface area (Å²) in [5.74, 6) is 0.948. The van der Waals surface area contributed by atoms with E-state index in [2.05, 4.69) is 20.6 Å². The van der Waals surface area contributed by atoms with Crippen LogP contribution < -0.4 is 21.1 Å². The zero-order valence-corrected chi connectivity index (χ0v) is 15.9. The van der Waals surface area contributed by atoms with Gasteiger partial charge in [0.2, 0.25) is 5.88 Å². The number of nitrogens with one attached hydrogen (secondary N) is 2. The van der Waals surface area contributed by atoms with Gasteiger partial charge >= 0.3 is 6.09 Å². The third-order valence-corrected chi connectivity index (χ3v) is 3.30. The van der Waals surface area contributed by atoms with Crippen molar-refractivity contribution in [3.63, 3.8) is 0 Å². The monoisotopic (exact) mass is 370 g/mol. The molecule has 0 atom stereocenters. The Morgan fingerprint density at radius 1 is 1.33 bits per heavy atom. The molecule has 0 aliphatic heterocycles. The predicted octanol–water partition coefficient (Wildman–Crippen LogP) is 3.42. The molecule has 0 unspecified atom stereocenters. The molecule has 4 N–H and O–H groups in total. The number of aromatic nitrogens is 2. The van der Waals surface area contributed by atoms with E-state index in [9.17, 15) is 4.79 Å². The van der Waals surface area contributed by atoms with Gasteiger partial charge in [0.1, 0.15) is 17.4 Å². The molecule has 0 saturated carbocycles. The first-order chi connectivity index (χ1) is 12.6. The molecule has 0 spiro atoms. The number of ether oxygens (including phenoxy) is 2. The molecule has 2 heterocycles. The van der Waals surface area contributed by atoms with Crippen LogP contribution in [0, 0.1) is 18.3 Å². The largest absolute Gasteiger partial charge is 0.444 e. The third kappa shape index (κ3) is 5.22. The zero-order chi connectivity index (χ0) is 20.2. The summed E-state index contributed by atoms with van der Waals surface area (Å²) >= 11 is 0. The maximum atomic E-state index is 12.1. The number of carbonyl (C=O) groups excluding carboxylic acids is 1. The van der Waals surface area contributed by atoms with Gasteiger partial charge in [0.05, 0.1) is 17.6 Å². The fraction of sp³-hybridized carbons (Fsp3) is 0.333. The Kier molecular flexibility index (Phi) is 5.70. The fourth-order valence-corrected chi connectivity index (χ4v) is 2.12. The van der Waals surface area contributed by atoms with E-state index in [-0.39, 0.29) is 22.9 Å². The standard InChI is InChI=1S/C18H22N6O3/c1-10-6-11(8-19)22-9-13(10)26-14-7-12(15(20)16(21-5)24-14)23-17(25)27-18(2,3)4/h6-7,9H,20H2,1-5H3,(H2,21,23,24,25). The van der Waals surface area contributed by atoms with Crippen molar-refractivity contribution in [1.82, 2.24) is 9.97 Å². The number of nitrogens with zero attached hydrogens (tertiary/aromatic N) is 3. The van der Waals surface area contributed by atoms with Crippen molar-refractivity contribution in [2.24, 2.45) is 0 Å². The maximum Gasteiger partial charge on any atom is 0.412 e. The average molecular weight is 370 g/mol. The molecule has 2 aromatic heterocycles. The topological polar surface area (TPSA) is 135 Å². The molecule has 2 rings (SSSR count). The molecule has 0 aliphatic carbocycles. The van der Waals surface area contributed by atoms with E-state index in [0.29, 0.717) is 17.1 Å². The van der Waals surface area contributed by atoms with E-state index >= 15 is 0 Å². The van der Waals surface area contributed by atoms with Gasteiger partial charge in [-0.25, -0.2) is 9.78 Å². The lowest BCUT2D eigenvalue weighted by Crippen LogP contribution is -2.27. The average Bonchev–Trinajstić information content (AvgIpc) is 2.57. The number of anilines is 3. The molecule has 9 nitrogen and oxygen atoms in total. The van der Waals surface area contributed by atoms with Crippen LogP contribution >= 0.6 is 0 Å². The smallest absolute Gasteiger partial charge is 0.412 e. The molecule has 0 bridgehead atoms. The predicted molar refractivity (Wildman–Crippen MR) is 102 cm³/mol. The zero-order valence-electron chi connectivity index (χ0n) is 15.9. The van der Waals surface area contributed by atoms with Crippen LogP contribution in [0.1, 0.15) is 32.0 Å². The number of rotatable bonds is 4. The number of nitrogens with two attached hydrogens (primary N) is 1. The van der Waals surface area contributed by atoms with Crippen LogP contribution in [0.2, 0.25) is 0 Å². The van der Waals surface area contributed by atoms with Crippen LogP contribution in [0.4, 0.5) is 22.0 Å². The van der Waals surface area contributed by atoms with Crippen molar-refractivity contribution in [3.05, 3.63) is 29.6 Å². The highest BCUT2D eigenvalue weighted by atomic mass is 16.6. The number of amides is 1. The first-order valence-corrected chi connectivity index (χ1v) is 8.16. The normalized spacial score (nSPS) is 10.7. The number of carbonyl (C=O) groups is 1. The fourth-order valence-electron chi connectivity index (χ4n) is 2.12. The Balaban J connectivity index is 2.33. The van der Waals surface area contributed by atoms with Gasteiger partial charge in [0.15, 0.2) is 11.6 Å². The van der Waals surface area contributed by atoms with Crippen LogP contribution in [-0.2, 0) is 4.74 Å². The molecule has 0 fully saturated rings. The minimum atomic E-state index is -0.650. The van der Waals surface area contributed by atoms with Gasteiger partial charge in [-0.2, -0.15) is 10.2 Å². The van der Waals surface area contributed by atoms with E-state index in [0.717, 1.165) is 0 Å². The molecule has 0 aliphatic rings. The molecule has 27 heavy (non-hydrogen) atoms. The number of pyridine rings is 2. The second-order valence-corrected chi connectivity index (χ2v) is 6.70. The summed E-state index contributed by atoms with van der Waals surface area (Å²) in [4.78, 5) is 20.3. The molecular formula is C18H22N6O3. The number of nitriles is 1. The molecule has 2 aromatic rings. The summed E-state index contributed by atoms with van der Waals surface area (Å²) in [6.07, 6.45) is 0.788. The van der Waals surface area contributed by atoms with E-state index in [1.165, 1.54) is 12.3 Å². The Labute approximate surface area is 157 Å². The van der Waals surface area contributed by atoms with E-state index in [1.807, 2.05) is 6.07 Å². The highest BCUT2D eigenvalue weighted by Crippen LogP contribution is 2.33. The van der Waals surface area contributed by atoms with Crippen molar-refractivity contribution < 1.29 is 14.3 Å². The third-order valence-electron chi connectivity index (χ3n) is 3.30. The summed E-state index contributed by atoms with van der Waals surface area (Å²) < 4.78 is 11.0. The summed E-state index contributed by atoms with van der Waals surface area (Å²) in [5, 5.41) is 14.3. The number of hydrogen-bond acceptors (Lipinski definition) is 8. The molecule has 0 saturated heterocycles. The van der Waals surface area contributed by atoms with Crippen molar-refractivity contribution in [2.45, 2.75) is 33.3 Å². The SMILES string of the molecule is CNc1nc(Oc2cnc(C#N)cc2C)cc(NC(=O)OC(C)(C)C)c1N. The molecule has 0 radical (unpaired) electrons. The van der Waals surface area contributed by atoms with Gasteiger partial charge in [0.25, 0.3) is 0 Å². The highest BCUT2D eigenvalue weighted by Gasteiger charge is 2.19. The van der Waals surface area contributed by atoms with Crippen LogP contribution in [0.25, 0.3) is 0 Å². The van der Waals surface area contributed by atoms with Crippen molar-refractivity contribution >= 4 is 23.3 Å².